The zero-order chi connectivity index (χ0) is 15.1. The lowest BCUT2D eigenvalue weighted by atomic mass is 10.1. The second-order valence-electron chi connectivity index (χ2n) is 5.73. The van der Waals surface area contributed by atoms with Crippen LogP contribution in [0.25, 0.3) is 0 Å². The molecule has 0 radical (unpaired) electrons. The van der Waals surface area contributed by atoms with Crippen LogP contribution in [0.15, 0.2) is 18.2 Å². The van der Waals surface area contributed by atoms with E-state index in [0.717, 1.165) is 12.0 Å². The SMILES string of the molecule is O=C(O)[C@@H]1CCN(C(=O)[C@H]2C[C@H]2c2ccc(Cl)c(Cl)c2)C1. The molecule has 1 aliphatic heterocycles. The van der Waals surface area contributed by atoms with Gasteiger partial charge in [0.25, 0.3) is 0 Å². The van der Waals surface area contributed by atoms with Crippen molar-refractivity contribution in [1.29, 1.82) is 0 Å². The second kappa shape index (κ2) is 5.50. The maximum Gasteiger partial charge on any atom is 0.308 e. The summed E-state index contributed by atoms with van der Waals surface area (Å²) in [5, 5.41) is 10.00. The number of carbonyl (C=O) groups excluding carboxylic acids is 1. The molecular weight excluding hydrogens is 313 g/mol. The molecule has 1 heterocycles. The minimum Gasteiger partial charge on any atom is -0.481 e. The lowest BCUT2D eigenvalue weighted by Gasteiger charge is -2.15. The highest BCUT2D eigenvalue weighted by molar-refractivity contribution is 6.42. The van der Waals surface area contributed by atoms with Gasteiger partial charge in [0.05, 0.1) is 16.0 Å². The quantitative estimate of drug-likeness (QED) is 0.928. The number of benzene rings is 1. The number of carbonyl (C=O) groups is 2. The molecule has 3 atom stereocenters. The summed E-state index contributed by atoms with van der Waals surface area (Å²) in [5.41, 5.74) is 1.02. The average Bonchev–Trinajstić information content (AvgIpc) is 3.08. The van der Waals surface area contributed by atoms with E-state index in [0.29, 0.717) is 29.6 Å². The molecule has 1 aromatic rings. The summed E-state index contributed by atoms with van der Waals surface area (Å²) in [6, 6.07) is 5.46. The summed E-state index contributed by atoms with van der Waals surface area (Å²) >= 11 is 11.9. The molecule has 112 valence electrons. The van der Waals surface area contributed by atoms with Crippen LogP contribution in [0.5, 0.6) is 0 Å². The Kier molecular flexibility index (Phi) is 3.84. The number of likely N-dealkylation sites (tertiary alicyclic amines) is 1. The number of halogens is 2. The van der Waals surface area contributed by atoms with Gasteiger partial charge in [-0.15, -0.1) is 0 Å². The van der Waals surface area contributed by atoms with Gasteiger partial charge in [-0.05, 0) is 36.5 Å². The number of hydrogen-bond acceptors (Lipinski definition) is 2. The van der Waals surface area contributed by atoms with Gasteiger partial charge in [-0.25, -0.2) is 0 Å². The molecule has 3 rings (SSSR count). The average molecular weight is 328 g/mol. The van der Waals surface area contributed by atoms with E-state index < -0.39 is 11.9 Å². The van der Waals surface area contributed by atoms with Gasteiger partial charge >= 0.3 is 5.97 Å². The normalized spacial score (nSPS) is 27.7. The van der Waals surface area contributed by atoms with Gasteiger partial charge in [0, 0.05) is 19.0 Å². The molecule has 1 N–H and O–H groups in total. The van der Waals surface area contributed by atoms with Crippen LogP contribution in [0.2, 0.25) is 10.0 Å². The molecule has 4 nitrogen and oxygen atoms in total. The van der Waals surface area contributed by atoms with E-state index in [9.17, 15) is 9.59 Å². The molecule has 1 saturated carbocycles. The number of carboxylic acid groups (broad SMARTS) is 1. The molecule has 0 bridgehead atoms. The fraction of sp³-hybridized carbons (Fsp3) is 0.467. The fourth-order valence-electron chi connectivity index (χ4n) is 2.98. The Morgan fingerprint density at radius 3 is 2.62 bits per heavy atom. The van der Waals surface area contributed by atoms with Gasteiger partial charge in [0.15, 0.2) is 0 Å². The minimum absolute atomic E-state index is 0.0465. The highest BCUT2D eigenvalue weighted by Gasteiger charge is 2.47. The third-order valence-electron chi connectivity index (χ3n) is 4.33. The maximum atomic E-state index is 12.4. The lowest BCUT2D eigenvalue weighted by molar-refractivity contribution is -0.141. The second-order valence-corrected chi connectivity index (χ2v) is 6.54. The number of rotatable bonds is 3. The Morgan fingerprint density at radius 1 is 1.24 bits per heavy atom. The molecule has 21 heavy (non-hydrogen) atoms. The van der Waals surface area contributed by atoms with Gasteiger partial charge in [-0.3, -0.25) is 9.59 Å². The predicted octanol–water partition coefficient (Wildman–Crippen LogP) is 3.03. The first-order valence-electron chi connectivity index (χ1n) is 6.94. The Bertz CT molecular complexity index is 605. The topological polar surface area (TPSA) is 57.6 Å². The third kappa shape index (κ3) is 2.87. The van der Waals surface area contributed by atoms with Crippen LogP contribution in [-0.4, -0.2) is 35.0 Å². The maximum absolute atomic E-state index is 12.4. The molecule has 1 saturated heterocycles. The van der Waals surface area contributed by atoms with Crippen molar-refractivity contribution in [2.24, 2.45) is 11.8 Å². The standard InChI is InChI=1S/C15H15Cl2NO3/c16-12-2-1-8(5-13(12)17)10-6-11(10)14(19)18-4-3-9(7-18)15(20)21/h1-2,5,9-11H,3-4,6-7H2,(H,20,21)/t9-,10+,11+/m1/s1. The molecule has 1 aromatic carbocycles. The van der Waals surface area contributed by atoms with Crippen LogP contribution in [0, 0.1) is 11.8 Å². The Hall–Kier alpha value is -1.26. The van der Waals surface area contributed by atoms with Gasteiger partial charge in [0.1, 0.15) is 0 Å². The van der Waals surface area contributed by atoms with E-state index >= 15 is 0 Å². The minimum atomic E-state index is -0.817. The highest BCUT2D eigenvalue weighted by Crippen LogP contribution is 2.49. The molecule has 1 amide bonds. The summed E-state index contributed by atoms with van der Waals surface area (Å²) in [6.45, 7) is 0.874. The summed E-state index contributed by atoms with van der Waals surface area (Å²) in [5.74, 6) is -1.04. The van der Waals surface area contributed by atoms with Crippen molar-refractivity contribution in [2.45, 2.75) is 18.8 Å². The van der Waals surface area contributed by atoms with E-state index in [4.69, 9.17) is 28.3 Å². The van der Waals surface area contributed by atoms with Gasteiger partial charge < -0.3 is 10.0 Å². The zero-order valence-electron chi connectivity index (χ0n) is 11.3. The van der Waals surface area contributed by atoms with Crippen molar-refractivity contribution in [3.8, 4) is 0 Å². The number of amides is 1. The molecule has 0 spiro atoms. The van der Waals surface area contributed by atoms with Gasteiger partial charge in [-0.2, -0.15) is 0 Å². The van der Waals surface area contributed by atoms with Crippen molar-refractivity contribution >= 4 is 35.1 Å². The first kappa shape index (κ1) is 14.7. The first-order valence-corrected chi connectivity index (χ1v) is 7.69. The summed E-state index contributed by atoms with van der Waals surface area (Å²) in [7, 11) is 0. The summed E-state index contributed by atoms with van der Waals surface area (Å²) in [6.07, 6.45) is 1.34. The van der Waals surface area contributed by atoms with Crippen molar-refractivity contribution in [3.63, 3.8) is 0 Å². The summed E-state index contributed by atoms with van der Waals surface area (Å²) in [4.78, 5) is 25.0. The van der Waals surface area contributed by atoms with Crippen LogP contribution in [0.4, 0.5) is 0 Å². The Morgan fingerprint density at radius 2 is 2.00 bits per heavy atom. The molecule has 0 unspecified atom stereocenters. The molecular formula is C15H15Cl2NO3. The molecule has 6 heteroatoms. The lowest BCUT2D eigenvalue weighted by Crippen LogP contribution is -2.31. The number of aliphatic carboxylic acids is 1. The van der Waals surface area contributed by atoms with Crippen molar-refractivity contribution < 1.29 is 14.7 Å². The van der Waals surface area contributed by atoms with Crippen LogP contribution in [0.3, 0.4) is 0 Å². The monoisotopic (exact) mass is 327 g/mol. The number of nitrogens with zero attached hydrogens (tertiary/aromatic N) is 1. The number of carboxylic acids is 1. The van der Waals surface area contributed by atoms with Crippen molar-refractivity contribution in [3.05, 3.63) is 33.8 Å². The molecule has 2 aliphatic rings. The predicted molar refractivity (Wildman–Crippen MR) is 79.6 cm³/mol. The van der Waals surface area contributed by atoms with Gasteiger partial charge in [-0.1, -0.05) is 29.3 Å². The zero-order valence-corrected chi connectivity index (χ0v) is 12.8. The van der Waals surface area contributed by atoms with Crippen LogP contribution in [-0.2, 0) is 9.59 Å². The largest absolute Gasteiger partial charge is 0.481 e. The highest BCUT2D eigenvalue weighted by atomic mass is 35.5. The van der Waals surface area contributed by atoms with E-state index in [1.165, 1.54) is 0 Å². The molecule has 2 fully saturated rings. The van der Waals surface area contributed by atoms with Crippen molar-refractivity contribution in [1.82, 2.24) is 4.90 Å². The molecule has 1 aliphatic carbocycles. The van der Waals surface area contributed by atoms with E-state index in [-0.39, 0.29) is 17.7 Å². The Balaban J connectivity index is 1.64. The van der Waals surface area contributed by atoms with E-state index in [1.807, 2.05) is 12.1 Å². The summed E-state index contributed by atoms with van der Waals surface area (Å²) < 4.78 is 0. The van der Waals surface area contributed by atoms with Gasteiger partial charge in [0.2, 0.25) is 5.91 Å². The van der Waals surface area contributed by atoms with E-state index in [1.54, 1.807) is 11.0 Å². The van der Waals surface area contributed by atoms with E-state index in [2.05, 4.69) is 0 Å². The van der Waals surface area contributed by atoms with Crippen molar-refractivity contribution in [2.75, 3.05) is 13.1 Å². The Labute approximate surface area is 132 Å². The van der Waals surface area contributed by atoms with Crippen LogP contribution in [0.1, 0.15) is 24.3 Å². The fourth-order valence-corrected chi connectivity index (χ4v) is 3.28. The number of hydrogen-bond donors (Lipinski definition) is 1. The van der Waals surface area contributed by atoms with Crippen LogP contribution < -0.4 is 0 Å². The molecule has 0 aromatic heterocycles. The first-order chi connectivity index (χ1) is 9.97. The third-order valence-corrected chi connectivity index (χ3v) is 5.07. The smallest absolute Gasteiger partial charge is 0.308 e. The van der Waals surface area contributed by atoms with Crippen LogP contribution >= 0.6 is 23.2 Å².